The van der Waals surface area contributed by atoms with Gasteiger partial charge >= 0.3 is 6.18 Å². The van der Waals surface area contributed by atoms with Gasteiger partial charge in [-0.3, -0.25) is 24.5 Å². The number of halogens is 3. The number of aryl methyl sites for hydroxylation is 2. The third kappa shape index (κ3) is 4.33. The lowest BCUT2D eigenvalue weighted by Gasteiger charge is -2.35. The zero-order valence-corrected chi connectivity index (χ0v) is 24.4. The van der Waals surface area contributed by atoms with Crippen LogP contribution < -0.4 is 10.2 Å². The van der Waals surface area contributed by atoms with Crippen molar-refractivity contribution in [2.45, 2.75) is 66.0 Å². The average Bonchev–Trinajstić information content (AvgIpc) is 3.29. The maximum absolute atomic E-state index is 14.5. The van der Waals surface area contributed by atoms with E-state index in [2.05, 4.69) is 33.0 Å². The predicted molar refractivity (Wildman–Crippen MR) is 152 cm³/mol. The monoisotopic (exact) mass is 576 g/mol. The van der Waals surface area contributed by atoms with E-state index in [0.717, 1.165) is 39.8 Å². The Kier molecular flexibility index (Phi) is 6.71. The molecule has 0 saturated carbocycles. The molecule has 0 spiro atoms. The summed E-state index contributed by atoms with van der Waals surface area (Å²) in [5.74, 6) is -4.69. The van der Waals surface area contributed by atoms with Crippen LogP contribution in [0.25, 0.3) is 0 Å². The Balaban J connectivity index is 1.62. The number of imide groups is 2. The van der Waals surface area contributed by atoms with E-state index in [-0.39, 0.29) is 44.7 Å². The Morgan fingerprint density at radius 3 is 1.81 bits per heavy atom. The maximum Gasteiger partial charge on any atom is 0.399 e. The van der Waals surface area contributed by atoms with Gasteiger partial charge in [0.2, 0.25) is 0 Å². The summed E-state index contributed by atoms with van der Waals surface area (Å²) in [6.07, 6.45) is -4.80. The summed E-state index contributed by atoms with van der Waals surface area (Å²) >= 11 is 0. The van der Waals surface area contributed by atoms with Crippen LogP contribution in [0, 0.1) is 26.7 Å². The van der Waals surface area contributed by atoms with Gasteiger partial charge in [-0.25, -0.2) is 4.90 Å². The van der Waals surface area contributed by atoms with Crippen molar-refractivity contribution in [2.75, 3.05) is 4.90 Å². The molecule has 0 bridgehead atoms. The van der Waals surface area contributed by atoms with Crippen molar-refractivity contribution in [2.24, 2.45) is 5.92 Å². The number of hydrogen-bond acceptors (Lipinski definition) is 4. The maximum atomic E-state index is 14.5. The number of carbonyl (C=O) groups is 4. The summed E-state index contributed by atoms with van der Waals surface area (Å²) in [4.78, 5) is 52.6. The SMILES string of the molecule is Cc1cc(C)c(C(C)(C)C(C)C)c(C)c1N1C(=O)c2ccc([C@@H](c3ccc4c(c3)C(=O)NC4=O)C(F)(F)F)cc2C1=O. The number of anilines is 1. The second kappa shape index (κ2) is 9.64. The number of alkyl halides is 3. The lowest BCUT2D eigenvalue weighted by Crippen LogP contribution is -2.33. The molecule has 6 nitrogen and oxygen atoms in total. The highest BCUT2D eigenvalue weighted by atomic mass is 19.4. The predicted octanol–water partition coefficient (Wildman–Crippen LogP) is 6.92. The first-order chi connectivity index (χ1) is 19.5. The van der Waals surface area contributed by atoms with E-state index < -0.39 is 35.7 Å². The molecule has 42 heavy (non-hydrogen) atoms. The molecular weight excluding hydrogens is 545 g/mol. The Hall–Kier alpha value is -4.27. The fourth-order valence-electron chi connectivity index (χ4n) is 6.38. The number of nitrogens with zero attached hydrogens (tertiary/aromatic N) is 1. The molecule has 0 aliphatic carbocycles. The number of benzene rings is 3. The van der Waals surface area contributed by atoms with E-state index in [1.54, 1.807) is 0 Å². The topological polar surface area (TPSA) is 83.6 Å². The van der Waals surface area contributed by atoms with Crippen LogP contribution in [0.15, 0.2) is 42.5 Å². The highest BCUT2D eigenvalue weighted by molar-refractivity contribution is 6.35. The van der Waals surface area contributed by atoms with E-state index in [1.165, 1.54) is 18.2 Å². The standard InChI is InChI=1S/C33H31F3N2O4/c1-15(2)32(6,7)25-16(3)12-17(4)27(18(25)5)38-30(41)22-11-9-20(14-24(22)31(38)42)26(33(34,35)36)19-8-10-21-23(13-19)29(40)37-28(21)39/h8-15,26H,1-7H3,(H,37,39,40)/t26-/m1/s1. The second-order valence-corrected chi connectivity index (χ2v) is 12.0. The van der Waals surface area contributed by atoms with Gasteiger partial charge in [0.25, 0.3) is 23.6 Å². The summed E-state index contributed by atoms with van der Waals surface area (Å²) in [5.41, 5.74) is 2.95. The van der Waals surface area contributed by atoms with Crippen LogP contribution in [-0.2, 0) is 5.41 Å². The van der Waals surface area contributed by atoms with E-state index in [4.69, 9.17) is 0 Å². The zero-order valence-electron chi connectivity index (χ0n) is 24.4. The molecule has 1 N–H and O–H groups in total. The van der Waals surface area contributed by atoms with Crippen LogP contribution >= 0.6 is 0 Å². The van der Waals surface area contributed by atoms with E-state index in [1.807, 2.05) is 26.8 Å². The minimum absolute atomic E-state index is 0.00102. The van der Waals surface area contributed by atoms with Gasteiger partial charge in [0, 0.05) is 0 Å². The van der Waals surface area contributed by atoms with E-state index in [0.29, 0.717) is 11.3 Å². The van der Waals surface area contributed by atoms with Crippen molar-refractivity contribution in [1.29, 1.82) is 0 Å². The van der Waals surface area contributed by atoms with Crippen molar-refractivity contribution in [3.63, 3.8) is 0 Å². The van der Waals surface area contributed by atoms with Crippen molar-refractivity contribution < 1.29 is 32.3 Å². The number of carbonyl (C=O) groups excluding carboxylic acids is 4. The minimum atomic E-state index is -4.80. The Labute approximate surface area is 241 Å². The first-order valence-electron chi connectivity index (χ1n) is 13.7. The average molecular weight is 577 g/mol. The molecule has 3 aromatic carbocycles. The molecule has 0 radical (unpaired) electrons. The Morgan fingerprint density at radius 1 is 0.714 bits per heavy atom. The van der Waals surface area contributed by atoms with Crippen LogP contribution in [0.1, 0.15) is 108 Å². The Morgan fingerprint density at radius 2 is 1.24 bits per heavy atom. The number of hydrogen-bond donors (Lipinski definition) is 1. The van der Waals surface area contributed by atoms with Crippen LogP contribution in [0.4, 0.5) is 18.9 Å². The smallest absolute Gasteiger partial charge is 0.288 e. The molecule has 1 atom stereocenters. The van der Waals surface area contributed by atoms with Gasteiger partial charge in [-0.15, -0.1) is 0 Å². The molecular formula is C33H31F3N2O4. The minimum Gasteiger partial charge on any atom is -0.288 e. The molecule has 2 aliphatic rings. The van der Waals surface area contributed by atoms with Gasteiger partial charge in [0.05, 0.1) is 27.9 Å². The van der Waals surface area contributed by atoms with Crippen LogP contribution in [-0.4, -0.2) is 29.8 Å². The molecule has 2 heterocycles. The summed E-state index contributed by atoms with van der Waals surface area (Å²) < 4.78 is 43.6. The quantitative estimate of drug-likeness (QED) is 0.334. The van der Waals surface area contributed by atoms with Crippen LogP contribution in [0.2, 0.25) is 0 Å². The summed E-state index contributed by atoms with van der Waals surface area (Å²) in [6.45, 7) is 14.1. The normalized spacial score (nSPS) is 15.8. The highest BCUT2D eigenvalue weighted by Crippen LogP contribution is 2.45. The first-order valence-corrected chi connectivity index (χ1v) is 13.7. The lowest BCUT2D eigenvalue weighted by molar-refractivity contribution is -0.141. The third-order valence-electron chi connectivity index (χ3n) is 8.91. The molecule has 5 rings (SSSR count). The molecule has 9 heteroatoms. The molecule has 218 valence electrons. The van der Waals surface area contributed by atoms with Gasteiger partial charge in [-0.05, 0) is 89.8 Å². The number of nitrogens with one attached hydrogen (secondary N) is 1. The largest absolute Gasteiger partial charge is 0.399 e. The van der Waals surface area contributed by atoms with Gasteiger partial charge in [-0.2, -0.15) is 13.2 Å². The summed E-state index contributed by atoms with van der Waals surface area (Å²) in [6, 6.07) is 8.88. The highest BCUT2D eigenvalue weighted by Gasteiger charge is 2.45. The molecule has 4 amide bonds. The Bertz CT molecular complexity index is 1720. The van der Waals surface area contributed by atoms with Gasteiger partial charge in [0.1, 0.15) is 5.92 Å². The zero-order chi connectivity index (χ0) is 31.0. The molecule has 0 saturated heterocycles. The summed E-state index contributed by atoms with van der Waals surface area (Å²) in [7, 11) is 0. The fraction of sp³-hybridized carbons (Fsp3) is 0.333. The summed E-state index contributed by atoms with van der Waals surface area (Å²) in [5, 5.41) is 2.08. The third-order valence-corrected chi connectivity index (χ3v) is 8.91. The number of rotatable bonds is 5. The molecule has 2 aliphatic heterocycles. The van der Waals surface area contributed by atoms with E-state index >= 15 is 0 Å². The molecule has 0 aromatic heterocycles. The van der Waals surface area contributed by atoms with Gasteiger partial charge in [0.15, 0.2) is 0 Å². The van der Waals surface area contributed by atoms with Gasteiger partial charge in [-0.1, -0.05) is 45.9 Å². The van der Waals surface area contributed by atoms with Gasteiger partial charge < -0.3 is 0 Å². The lowest BCUT2D eigenvalue weighted by atomic mass is 9.71. The van der Waals surface area contributed by atoms with Crippen LogP contribution in [0.5, 0.6) is 0 Å². The van der Waals surface area contributed by atoms with Crippen LogP contribution in [0.3, 0.4) is 0 Å². The second-order valence-electron chi connectivity index (χ2n) is 12.0. The fourth-order valence-corrected chi connectivity index (χ4v) is 6.38. The molecule has 3 aromatic rings. The van der Waals surface area contributed by atoms with E-state index in [9.17, 15) is 32.3 Å². The number of fused-ring (bicyclic) bond motifs is 2. The first kappa shape index (κ1) is 29.2. The van der Waals surface area contributed by atoms with Crippen molar-refractivity contribution in [3.05, 3.63) is 98.1 Å². The van der Waals surface area contributed by atoms with Crippen molar-refractivity contribution in [1.82, 2.24) is 5.32 Å². The van der Waals surface area contributed by atoms with Crippen molar-refractivity contribution in [3.8, 4) is 0 Å². The number of amides is 4. The molecule has 0 fully saturated rings. The van der Waals surface area contributed by atoms with Crippen molar-refractivity contribution >= 4 is 29.3 Å². The molecule has 0 unspecified atom stereocenters.